The smallest absolute Gasteiger partial charge is 0.254 e. The molecule has 0 aliphatic heterocycles. The molecule has 19 heavy (non-hydrogen) atoms. The number of hydrogen-bond acceptors (Lipinski definition) is 2. The average Bonchev–Trinajstić information content (AvgIpc) is 2.30. The van der Waals surface area contributed by atoms with Gasteiger partial charge in [0.1, 0.15) is 11.4 Å². The predicted octanol–water partition coefficient (Wildman–Crippen LogP) is 1.90. The molecule has 2 rings (SSSR count). The summed E-state index contributed by atoms with van der Waals surface area (Å²) in [5.74, 6) is -1.16. The number of primary amides is 1. The van der Waals surface area contributed by atoms with Crippen LogP contribution in [0.25, 0.3) is 11.1 Å². The molecular weight excluding hydrogens is 247 g/mol. The molecule has 1 aromatic heterocycles. The second kappa shape index (κ2) is 4.68. The van der Waals surface area contributed by atoms with E-state index < -0.39 is 11.3 Å². The molecule has 0 saturated heterocycles. The van der Waals surface area contributed by atoms with Gasteiger partial charge in [-0.15, -0.1) is 0 Å². The maximum atomic E-state index is 12.9. The Morgan fingerprint density at radius 2 is 1.74 bits per heavy atom. The molecule has 5 heteroatoms. The van der Waals surface area contributed by atoms with Gasteiger partial charge in [0.25, 0.3) is 5.91 Å². The first-order chi connectivity index (χ1) is 8.91. The lowest BCUT2D eigenvalue weighted by Gasteiger charge is -2.10. The number of pyridine rings is 1. The number of H-pyrrole nitrogens is 1. The maximum Gasteiger partial charge on any atom is 0.254 e. The molecule has 1 aromatic carbocycles. The standard InChI is InChI=1S/C14H13FN2O2/c1-7-11(9-3-5-10(15)6-4-9)13(18)12(14(16)19)8(2)17-7/h3-6H,1-2H3,(H2,16,19)(H,17,18). The first-order valence-corrected chi connectivity index (χ1v) is 5.71. The highest BCUT2D eigenvalue weighted by atomic mass is 19.1. The van der Waals surface area contributed by atoms with E-state index in [1.54, 1.807) is 13.8 Å². The zero-order valence-corrected chi connectivity index (χ0v) is 10.6. The number of halogens is 1. The largest absolute Gasteiger partial charge is 0.365 e. The summed E-state index contributed by atoms with van der Waals surface area (Å²) in [5, 5.41) is 0. The van der Waals surface area contributed by atoms with Crippen molar-refractivity contribution in [2.24, 2.45) is 5.73 Å². The lowest BCUT2D eigenvalue weighted by atomic mass is 10.00. The summed E-state index contributed by atoms with van der Waals surface area (Å²) >= 11 is 0. The zero-order chi connectivity index (χ0) is 14.2. The fourth-order valence-corrected chi connectivity index (χ4v) is 2.13. The van der Waals surface area contributed by atoms with Gasteiger partial charge < -0.3 is 10.7 Å². The summed E-state index contributed by atoms with van der Waals surface area (Å²) in [4.78, 5) is 26.6. The van der Waals surface area contributed by atoms with Crippen molar-refractivity contribution in [3.8, 4) is 11.1 Å². The number of carbonyl (C=O) groups excluding carboxylic acids is 1. The maximum absolute atomic E-state index is 12.9. The minimum Gasteiger partial charge on any atom is -0.365 e. The topological polar surface area (TPSA) is 75.9 Å². The molecule has 0 spiro atoms. The number of rotatable bonds is 2. The SMILES string of the molecule is Cc1[nH]c(C)c(-c2ccc(F)cc2)c(=O)c1C(N)=O. The van der Waals surface area contributed by atoms with Crippen molar-refractivity contribution in [3.05, 3.63) is 57.3 Å². The van der Waals surface area contributed by atoms with Crippen LogP contribution in [-0.2, 0) is 0 Å². The Bertz CT molecular complexity index is 703. The van der Waals surface area contributed by atoms with Crippen LogP contribution in [0, 0.1) is 19.7 Å². The van der Waals surface area contributed by atoms with Gasteiger partial charge in [-0.3, -0.25) is 9.59 Å². The highest BCUT2D eigenvalue weighted by molar-refractivity contribution is 5.95. The summed E-state index contributed by atoms with van der Waals surface area (Å²) in [5.41, 5.74) is 6.63. The van der Waals surface area contributed by atoms with E-state index in [1.807, 2.05) is 0 Å². The molecule has 2 aromatic rings. The van der Waals surface area contributed by atoms with E-state index in [-0.39, 0.29) is 11.4 Å². The third kappa shape index (κ3) is 2.27. The van der Waals surface area contributed by atoms with Crippen molar-refractivity contribution in [1.29, 1.82) is 0 Å². The molecule has 0 aliphatic rings. The summed E-state index contributed by atoms with van der Waals surface area (Å²) in [6, 6.07) is 5.51. The zero-order valence-electron chi connectivity index (χ0n) is 10.6. The van der Waals surface area contributed by atoms with Crippen LogP contribution < -0.4 is 11.2 Å². The van der Waals surface area contributed by atoms with Crippen LogP contribution in [-0.4, -0.2) is 10.9 Å². The number of carbonyl (C=O) groups is 1. The Morgan fingerprint density at radius 1 is 1.16 bits per heavy atom. The minimum atomic E-state index is -0.776. The lowest BCUT2D eigenvalue weighted by Crippen LogP contribution is -2.26. The van der Waals surface area contributed by atoms with Gasteiger partial charge in [0, 0.05) is 17.0 Å². The molecule has 1 amide bonds. The second-order valence-corrected chi connectivity index (χ2v) is 4.33. The fourth-order valence-electron chi connectivity index (χ4n) is 2.13. The van der Waals surface area contributed by atoms with Crippen LogP contribution in [0.15, 0.2) is 29.1 Å². The summed E-state index contributed by atoms with van der Waals surface area (Å²) in [6.07, 6.45) is 0. The van der Waals surface area contributed by atoms with E-state index in [1.165, 1.54) is 24.3 Å². The van der Waals surface area contributed by atoms with Gasteiger partial charge >= 0.3 is 0 Å². The Morgan fingerprint density at radius 3 is 2.26 bits per heavy atom. The number of amides is 1. The van der Waals surface area contributed by atoms with Crippen LogP contribution in [0.3, 0.4) is 0 Å². The Balaban J connectivity index is 2.77. The van der Waals surface area contributed by atoms with E-state index in [0.29, 0.717) is 22.5 Å². The molecule has 1 heterocycles. The van der Waals surface area contributed by atoms with E-state index in [9.17, 15) is 14.0 Å². The van der Waals surface area contributed by atoms with Crippen molar-refractivity contribution < 1.29 is 9.18 Å². The monoisotopic (exact) mass is 260 g/mol. The van der Waals surface area contributed by atoms with Crippen molar-refractivity contribution in [2.75, 3.05) is 0 Å². The molecule has 0 bridgehead atoms. The number of benzene rings is 1. The molecule has 0 unspecified atom stereocenters. The molecule has 4 nitrogen and oxygen atoms in total. The number of nitrogens with one attached hydrogen (secondary N) is 1. The Labute approximate surface area is 109 Å². The van der Waals surface area contributed by atoms with Crippen LogP contribution in [0.5, 0.6) is 0 Å². The Kier molecular flexibility index (Phi) is 3.21. The fraction of sp³-hybridized carbons (Fsp3) is 0.143. The first kappa shape index (κ1) is 13.0. The van der Waals surface area contributed by atoms with Crippen molar-refractivity contribution in [1.82, 2.24) is 4.98 Å². The van der Waals surface area contributed by atoms with Crippen LogP contribution >= 0.6 is 0 Å². The van der Waals surface area contributed by atoms with Crippen LogP contribution in [0.1, 0.15) is 21.7 Å². The van der Waals surface area contributed by atoms with Gasteiger partial charge in [-0.05, 0) is 31.5 Å². The van der Waals surface area contributed by atoms with Gasteiger partial charge in [-0.25, -0.2) is 4.39 Å². The average molecular weight is 260 g/mol. The number of aromatic amines is 1. The lowest BCUT2D eigenvalue weighted by molar-refractivity contribution is 0.0998. The number of hydrogen-bond donors (Lipinski definition) is 2. The summed E-state index contributed by atoms with van der Waals surface area (Å²) in [6.45, 7) is 3.33. The van der Waals surface area contributed by atoms with E-state index in [4.69, 9.17) is 5.73 Å². The third-order valence-corrected chi connectivity index (χ3v) is 2.96. The first-order valence-electron chi connectivity index (χ1n) is 5.71. The minimum absolute atomic E-state index is 0.0649. The number of aromatic nitrogens is 1. The molecule has 0 saturated carbocycles. The second-order valence-electron chi connectivity index (χ2n) is 4.33. The molecule has 0 fully saturated rings. The molecule has 0 radical (unpaired) electrons. The van der Waals surface area contributed by atoms with Gasteiger partial charge in [0.05, 0.1) is 0 Å². The van der Waals surface area contributed by atoms with E-state index in [0.717, 1.165) is 0 Å². The number of aryl methyl sites for hydroxylation is 2. The molecule has 0 atom stereocenters. The summed E-state index contributed by atoms with van der Waals surface area (Å²) < 4.78 is 12.9. The quantitative estimate of drug-likeness (QED) is 0.865. The normalized spacial score (nSPS) is 10.5. The van der Waals surface area contributed by atoms with Gasteiger partial charge in [-0.2, -0.15) is 0 Å². The van der Waals surface area contributed by atoms with Crippen molar-refractivity contribution in [3.63, 3.8) is 0 Å². The van der Waals surface area contributed by atoms with Gasteiger partial charge in [0.15, 0.2) is 0 Å². The van der Waals surface area contributed by atoms with Crippen molar-refractivity contribution >= 4 is 5.91 Å². The highest BCUT2D eigenvalue weighted by Crippen LogP contribution is 2.20. The molecular formula is C14H13FN2O2. The third-order valence-electron chi connectivity index (χ3n) is 2.96. The molecule has 0 aliphatic carbocycles. The Hall–Kier alpha value is -2.43. The van der Waals surface area contributed by atoms with E-state index in [2.05, 4.69) is 4.98 Å². The van der Waals surface area contributed by atoms with Crippen LogP contribution in [0.2, 0.25) is 0 Å². The highest BCUT2D eigenvalue weighted by Gasteiger charge is 2.17. The summed E-state index contributed by atoms with van der Waals surface area (Å²) in [7, 11) is 0. The molecule has 3 N–H and O–H groups in total. The van der Waals surface area contributed by atoms with Crippen molar-refractivity contribution in [2.45, 2.75) is 13.8 Å². The van der Waals surface area contributed by atoms with Gasteiger partial charge in [-0.1, -0.05) is 12.1 Å². The van der Waals surface area contributed by atoms with Crippen LogP contribution in [0.4, 0.5) is 4.39 Å². The van der Waals surface area contributed by atoms with Gasteiger partial charge in [0.2, 0.25) is 5.43 Å². The molecule has 98 valence electrons. The number of nitrogens with two attached hydrogens (primary N) is 1. The predicted molar refractivity (Wildman–Crippen MR) is 70.4 cm³/mol. The van der Waals surface area contributed by atoms with E-state index >= 15 is 0 Å².